The predicted molar refractivity (Wildman–Crippen MR) is 75.5 cm³/mol. The van der Waals surface area contributed by atoms with Gasteiger partial charge in [0.2, 0.25) is 0 Å². The summed E-state index contributed by atoms with van der Waals surface area (Å²) in [6, 6.07) is 6.90. The molecule has 5 nitrogen and oxygen atoms in total. The highest BCUT2D eigenvalue weighted by Crippen LogP contribution is 2.14. The second-order valence-corrected chi connectivity index (χ2v) is 4.35. The molecule has 0 fully saturated rings. The van der Waals surface area contributed by atoms with Crippen molar-refractivity contribution in [1.29, 1.82) is 0 Å². The lowest BCUT2D eigenvalue weighted by Gasteiger charge is -2.14. The molecule has 0 saturated carbocycles. The van der Waals surface area contributed by atoms with Crippen molar-refractivity contribution in [2.75, 3.05) is 25.6 Å². The number of ether oxygens (including phenoxy) is 1. The number of methoxy groups -OCH3 is 1. The SMILES string of the molecule is CCC(CCO)CNC(=O)Nc1ccc(OC)cc1. The molecule has 3 N–H and O–H groups in total. The van der Waals surface area contributed by atoms with Gasteiger partial charge in [-0.3, -0.25) is 0 Å². The summed E-state index contributed by atoms with van der Waals surface area (Å²) in [7, 11) is 1.60. The molecule has 5 heteroatoms. The lowest BCUT2D eigenvalue weighted by atomic mass is 10.0. The summed E-state index contributed by atoms with van der Waals surface area (Å²) < 4.78 is 5.04. The van der Waals surface area contributed by atoms with Crippen LogP contribution in [-0.2, 0) is 0 Å². The molecule has 1 atom stereocenters. The number of urea groups is 1. The van der Waals surface area contributed by atoms with Gasteiger partial charge >= 0.3 is 6.03 Å². The van der Waals surface area contributed by atoms with Gasteiger partial charge < -0.3 is 20.5 Å². The summed E-state index contributed by atoms with van der Waals surface area (Å²) in [6.07, 6.45) is 1.64. The van der Waals surface area contributed by atoms with E-state index in [1.165, 1.54) is 0 Å². The predicted octanol–water partition coefficient (Wildman–Crippen LogP) is 2.23. The Morgan fingerprint density at radius 1 is 1.37 bits per heavy atom. The molecule has 0 aliphatic rings. The van der Waals surface area contributed by atoms with Crippen LogP contribution in [-0.4, -0.2) is 31.4 Å². The molecular weight excluding hydrogens is 244 g/mol. The fourth-order valence-corrected chi connectivity index (χ4v) is 1.72. The van der Waals surface area contributed by atoms with Gasteiger partial charge in [-0.1, -0.05) is 13.3 Å². The fraction of sp³-hybridized carbons (Fsp3) is 0.500. The van der Waals surface area contributed by atoms with Gasteiger partial charge in [-0.2, -0.15) is 0 Å². The first kappa shape index (κ1) is 15.3. The second-order valence-electron chi connectivity index (χ2n) is 4.35. The number of benzene rings is 1. The molecule has 0 aliphatic carbocycles. The van der Waals surface area contributed by atoms with Gasteiger partial charge in [-0.25, -0.2) is 4.79 Å². The highest BCUT2D eigenvalue weighted by molar-refractivity contribution is 5.89. The molecule has 1 unspecified atom stereocenters. The van der Waals surface area contributed by atoms with Gasteiger partial charge in [0, 0.05) is 18.8 Å². The Kier molecular flexibility index (Phi) is 6.74. The monoisotopic (exact) mass is 266 g/mol. The lowest BCUT2D eigenvalue weighted by Crippen LogP contribution is -2.33. The molecule has 2 amide bonds. The smallest absolute Gasteiger partial charge is 0.319 e. The summed E-state index contributed by atoms with van der Waals surface area (Å²) in [5, 5.41) is 14.4. The fourth-order valence-electron chi connectivity index (χ4n) is 1.72. The third-order valence-corrected chi connectivity index (χ3v) is 3.01. The van der Waals surface area contributed by atoms with E-state index in [0.29, 0.717) is 24.6 Å². The minimum absolute atomic E-state index is 0.153. The van der Waals surface area contributed by atoms with Gasteiger partial charge in [-0.15, -0.1) is 0 Å². The van der Waals surface area contributed by atoms with Crippen LogP contribution >= 0.6 is 0 Å². The van der Waals surface area contributed by atoms with Crippen LogP contribution in [0.1, 0.15) is 19.8 Å². The number of aliphatic hydroxyl groups is 1. The average molecular weight is 266 g/mol. The Hall–Kier alpha value is -1.75. The molecule has 0 aromatic heterocycles. The Bertz CT molecular complexity index is 379. The summed E-state index contributed by atoms with van der Waals surface area (Å²) in [6.45, 7) is 2.77. The molecule has 19 heavy (non-hydrogen) atoms. The van der Waals surface area contributed by atoms with Crippen molar-refractivity contribution < 1.29 is 14.6 Å². The van der Waals surface area contributed by atoms with Gasteiger partial charge in [0.05, 0.1) is 7.11 Å². The van der Waals surface area contributed by atoms with Gasteiger partial charge in [0.15, 0.2) is 0 Å². The first-order valence-corrected chi connectivity index (χ1v) is 6.49. The van der Waals surface area contributed by atoms with Crippen LogP contribution in [0.2, 0.25) is 0 Å². The molecule has 0 spiro atoms. The summed E-state index contributed by atoms with van der Waals surface area (Å²) in [5.74, 6) is 1.06. The molecule has 0 bridgehead atoms. The number of hydrogen-bond acceptors (Lipinski definition) is 3. The van der Waals surface area contributed by atoms with Gasteiger partial charge in [0.25, 0.3) is 0 Å². The highest BCUT2D eigenvalue weighted by Gasteiger charge is 2.08. The van der Waals surface area contributed by atoms with E-state index in [9.17, 15) is 4.79 Å². The normalized spacial score (nSPS) is 11.7. The van der Waals surface area contributed by atoms with Crippen LogP contribution in [0.25, 0.3) is 0 Å². The largest absolute Gasteiger partial charge is 0.497 e. The third-order valence-electron chi connectivity index (χ3n) is 3.01. The molecule has 1 aromatic carbocycles. The molecule has 106 valence electrons. The zero-order valence-electron chi connectivity index (χ0n) is 11.5. The molecule has 0 heterocycles. The summed E-state index contributed by atoms with van der Waals surface area (Å²) >= 11 is 0. The van der Waals surface area contributed by atoms with Crippen LogP contribution < -0.4 is 15.4 Å². The molecule has 1 rings (SSSR count). The lowest BCUT2D eigenvalue weighted by molar-refractivity contribution is 0.238. The van der Waals surface area contributed by atoms with Crippen LogP contribution in [0.4, 0.5) is 10.5 Å². The van der Waals surface area contributed by atoms with Crippen molar-refractivity contribution in [1.82, 2.24) is 5.32 Å². The number of carbonyl (C=O) groups is 1. The zero-order valence-corrected chi connectivity index (χ0v) is 11.5. The van der Waals surface area contributed by atoms with Crippen molar-refractivity contribution in [3.63, 3.8) is 0 Å². The highest BCUT2D eigenvalue weighted by atomic mass is 16.5. The maximum absolute atomic E-state index is 11.7. The van der Waals surface area contributed by atoms with E-state index in [4.69, 9.17) is 9.84 Å². The van der Waals surface area contributed by atoms with E-state index in [1.54, 1.807) is 31.4 Å². The molecule has 0 saturated heterocycles. The summed E-state index contributed by atoms with van der Waals surface area (Å²) in [5.41, 5.74) is 0.716. The standard InChI is InChI=1S/C14H22N2O3/c1-3-11(8-9-17)10-15-14(18)16-12-4-6-13(19-2)7-5-12/h4-7,11,17H,3,8-10H2,1-2H3,(H2,15,16,18). The van der Waals surface area contributed by atoms with Crippen LogP contribution in [0.15, 0.2) is 24.3 Å². The Labute approximate surface area is 114 Å². The van der Waals surface area contributed by atoms with Crippen LogP contribution in [0.5, 0.6) is 5.75 Å². The first-order valence-electron chi connectivity index (χ1n) is 6.49. The van der Waals surface area contributed by atoms with Crippen molar-refractivity contribution >= 4 is 11.7 Å². The van der Waals surface area contributed by atoms with Crippen molar-refractivity contribution in [3.8, 4) is 5.75 Å². The van der Waals surface area contributed by atoms with Crippen LogP contribution in [0, 0.1) is 5.92 Å². The number of amides is 2. The van der Waals surface area contributed by atoms with E-state index in [2.05, 4.69) is 10.6 Å². The Morgan fingerprint density at radius 2 is 2.05 bits per heavy atom. The maximum Gasteiger partial charge on any atom is 0.319 e. The van der Waals surface area contributed by atoms with Gasteiger partial charge in [-0.05, 0) is 36.6 Å². The number of anilines is 1. The second kappa shape index (κ2) is 8.37. The quantitative estimate of drug-likeness (QED) is 0.708. The van der Waals surface area contributed by atoms with Crippen molar-refractivity contribution in [3.05, 3.63) is 24.3 Å². The Morgan fingerprint density at radius 3 is 2.58 bits per heavy atom. The number of nitrogens with one attached hydrogen (secondary N) is 2. The minimum Gasteiger partial charge on any atom is -0.497 e. The van der Waals surface area contributed by atoms with E-state index in [1.807, 2.05) is 6.92 Å². The van der Waals surface area contributed by atoms with Crippen molar-refractivity contribution in [2.24, 2.45) is 5.92 Å². The first-order chi connectivity index (χ1) is 9.19. The minimum atomic E-state index is -0.235. The maximum atomic E-state index is 11.7. The molecule has 0 radical (unpaired) electrons. The molecular formula is C14H22N2O3. The molecule has 1 aromatic rings. The van der Waals surface area contributed by atoms with E-state index in [-0.39, 0.29) is 12.6 Å². The third kappa shape index (κ3) is 5.61. The summed E-state index contributed by atoms with van der Waals surface area (Å²) in [4.78, 5) is 11.7. The van der Waals surface area contributed by atoms with E-state index < -0.39 is 0 Å². The van der Waals surface area contributed by atoms with Crippen molar-refractivity contribution in [2.45, 2.75) is 19.8 Å². The van der Waals surface area contributed by atoms with E-state index in [0.717, 1.165) is 12.2 Å². The number of rotatable bonds is 7. The van der Waals surface area contributed by atoms with Crippen LogP contribution in [0.3, 0.4) is 0 Å². The topological polar surface area (TPSA) is 70.6 Å². The number of aliphatic hydroxyl groups excluding tert-OH is 1. The average Bonchev–Trinajstić information content (AvgIpc) is 2.44. The molecule has 0 aliphatic heterocycles. The van der Waals surface area contributed by atoms with E-state index >= 15 is 0 Å². The Balaban J connectivity index is 2.37. The number of carbonyl (C=O) groups excluding carboxylic acids is 1. The van der Waals surface area contributed by atoms with Gasteiger partial charge in [0.1, 0.15) is 5.75 Å². The number of hydrogen-bond donors (Lipinski definition) is 3. The zero-order chi connectivity index (χ0) is 14.1.